The van der Waals surface area contributed by atoms with E-state index in [1.165, 1.54) is 0 Å². The fourth-order valence-corrected chi connectivity index (χ4v) is 1.97. The van der Waals surface area contributed by atoms with Crippen LogP contribution in [-0.4, -0.2) is 19.1 Å². The summed E-state index contributed by atoms with van der Waals surface area (Å²) in [5, 5.41) is 0.612. The van der Waals surface area contributed by atoms with Gasteiger partial charge in [0.1, 0.15) is 12.4 Å². The van der Waals surface area contributed by atoms with E-state index in [-0.39, 0.29) is 5.91 Å². The average Bonchev–Trinajstić information content (AvgIpc) is 2.26. The number of hydrogen-bond acceptors (Lipinski definition) is 2. The number of nitrogens with zero attached hydrogens (tertiary/aromatic N) is 1. The van der Waals surface area contributed by atoms with Crippen LogP contribution >= 0.6 is 11.6 Å². The van der Waals surface area contributed by atoms with Gasteiger partial charge in [-0.2, -0.15) is 0 Å². The summed E-state index contributed by atoms with van der Waals surface area (Å²) in [5.74, 6) is 0.808. The SMILES string of the molecule is CC(C)(C)C(=O)N1CCOc2ccc(Cl)cc21. The van der Waals surface area contributed by atoms with Gasteiger partial charge in [0.25, 0.3) is 0 Å². The first-order valence-corrected chi connectivity index (χ1v) is 6.02. The Labute approximate surface area is 106 Å². The average molecular weight is 254 g/mol. The number of anilines is 1. The Morgan fingerprint density at radius 3 is 2.76 bits per heavy atom. The number of ether oxygens (including phenoxy) is 1. The van der Waals surface area contributed by atoms with Gasteiger partial charge in [-0.05, 0) is 18.2 Å². The summed E-state index contributed by atoms with van der Waals surface area (Å²) in [5.41, 5.74) is 0.361. The van der Waals surface area contributed by atoms with Crippen LogP contribution in [0, 0.1) is 5.41 Å². The van der Waals surface area contributed by atoms with Gasteiger partial charge in [0.2, 0.25) is 5.91 Å². The smallest absolute Gasteiger partial charge is 0.232 e. The van der Waals surface area contributed by atoms with E-state index in [2.05, 4.69) is 0 Å². The molecule has 0 atom stereocenters. The molecule has 0 aromatic heterocycles. The van der Waals surface area contributed by atoms with E-state index in [1.54, 1.807) is 23.1 Å². The monoisotopic (exact) mass is 253 g/mol. The molecule has 92 valence electrons. The molecule has 0 fully saturated rings. The Balaban J connectivity index is 2.41. The van der Waals surface area contributed by atoms with Crippen molar-refractivity contribution >= 4 is 23.2 Å². The molecule has 0 bridgehead atoms. The lowest BCUT2D eigenvalue weighted by Crippen LogP contribution is -2.44. The van der Waals surface area contributed by atoms with Gasteiger partial charge in [-0.1, -0.05) is 32.4 Å². The molecule has 1 aliphatic heterocycles. The first-order chi connectivity index (χ1) is 7.89. The maximum atomic E-state index is 12.3. The largest absolute Gasteiger partial charge is 0.490 e. The van der Waals surface area contributed by atoms with Crippen LogP contribution in [0.2, 0.25) is 5.02 Å². The quantitative estimate of drug-likeness (QED) is 0.711. The molecular weight excluding hydrogens is 238 g/mol. The van der Waals surface area contributed by atoms with Crippen molar-refractivity contribution in [1.29, 1.82) is 0 Å². The van der Waals surface area contributed by atoms with Crippen LogP contribution in [0.3, 0.4) is 0 Å². The molecule has 0 radical (unpaired) electrons. The maximum absolute atomic E-state index is 12.3. The molecule has 17 heavy (non-hydrogen) atoms. The molecule has 0 saturated heterocycles. The zero-order valence-electron chi connectivity index (χ0n) is 10.3. The van der Waals surface area contributed by atoms with E-state index in [0.29, 0.717) is 18.2 Å². The Kier molecular flexibility index (Phi) is 3.04. The minimum absolute atomic E-state index is 0.0873. The van der Waals surface area contributed by atoms with Crippen LogP contribution in [0.1, 0.15) is 20.8 Å². The van der Waals surface area contributed by atoms with E-state index in [1.807, 2.05) is 20.8 Å². The van der Waals surface area contributed by atoms with E-state index in [0.717, 1.165) is 11.4 Å². The summed E-state index contributed by atoms with van der Waals surface area (Å²) >= 11 is 5.97. The van der Waals surface area contributed by atoms with Crippen LogP contribution in [0.25, 0.3) is 0 Å². The normalized spacial score (nSPS) is 15.2. The summed E-state index contributed by atoms with van der Waals surface area (Å²) in [6.45, 7) is 6.83. The van der Waals surface area contributed by atoms with Crippen molar-refractivity contribution in [2.45, 2.75) is 20.8 Å². The van der Waals surface area contributed by atoms with Crippen molar-refractivity contribution in [3.05, 3.63) is 23.2 Å². The minimum atomic E-state index is -0.406. The van der Waals surface area contributed by atoms with E-state index < -0.39 is 5.41 Å². The third-order valence-corrected chi connectivity index (χ3v) is 2.91. The summed E-state index contributed by atoms with van der Waals surface area (Å²) in [7, 11) is 0. The predicted octanol–water partition coefficient (Wildman–Crippen LogP) is 3.11. The topological polar surface area (TPSA) is 29.5 Å². The van der Waals surface area contributed by atoms with E-state index in [9.17, 15) is 4.79 Å². The number of carbonyl (C=O) groups is 1. The molecular formula is C13H16ClNO2. The summed E-state index contributed by atoms with van der Waals surface area (Å²) in [6.07, 6.45) is 0. The molecule has 0 aliphatic carbocycles. The van der Waals surface area contributed by atoms with Gasteiger partial charge in [-0.15, -0.1) is 0 Å². The molecule has 4 heteroatoms. The van der Waals surface area contributed by atoms with Gasteiger partial charge in [0.15, 0.2) is 0 Å². The van der Waals surface area contributed by atoms with Gasteiger partial charge in [-0.25, -0.2) is 0 Å². The third-order valence-electron chi connectivity index (χ3n) is 2.67. The highest BCUT2D eigenvalue weighted by atomic mass is 35.5. The third kappa shape index (κ3) is 2.39. The molecule has 3 nitrogen and oxygen atoms in total. The number of amides is 1. The highest BCUT2D eigenvalue weighted by molar-refractivity contribution is 6.31. The van der Waals surface area contributed by atoms with Crippen LogP contribution in [0.15, 0.2) is 18.2 Å². The summed E-state index contributed by atoms with van der Waals surface area (Å²) in [4.78, 5) is 14.1. The highest BCUT2D eigenvalue weighted by Crippen LogP contribution is 2.36. The first kappa shape index (κ1) is 12.2. The Hall–Kier alpha value is -1.22. The molecule has 1 aromatic carbocycles. The van der Waals surface area contributed by atoms with Crippen LogP contribution in [0.4, 0.5) is 5.69 Å². The van der Waals surface area contributed by atoms with Gasteiger partial charge >= 0.3 is 0 Å². The van der Waals surface area contributed by atoms with Crippen molar-refractivity contribution in [2.24, 2.45) is 5.41 Å². The first-order valence-electron chi connectivity index (χ1n) is 5.64. The van der Waals surface area contributed by atoms with Gasteiger partial charge < -0.3 is 9.64 Å². The fourth-order valence-electron chi connectivity index (χ4n) is 1.81. The zero-order valence-corrected chi connectivity index (χ0v) is 11.0. The van der Waals surface area contributed by atoms with E-state index >= 15 is 0 Å². The molecule has 0 N–H and O–H groups in total. The molecule has 1 aromatic rings. The zero-order chi connectivity index (χ0) is 12.6. The number of halogens is 1. The van der Waals surface area contributed by atoms with Crippen molar-refractivity contribution < 1.29 is 9.53 Å². The Morgan fingerprint density at radius 2 is 2.12 bits per heavy atom. The van der Waals surface area contributed by atoms with Gasteiger partial charge in [0.05, 0.1) is 12.2 Å². The predicted molar refractivity (Wildman–Crippen MR) is 68.8 cm³/mol. The standard InChI is InChI=1S/C13H16ClNO2/c1-13(2,3)12(16)15-6-7-17-11-5-4-9(14)8-10(11)15/h4-5,8H,6-7H2,1-3H3. The fraction of sp³-hybridized carbons (Fsp3) is 0.462. The number of benzene rings is 1. The van der Waals surface area contributed by atoms with Crippen LogP contribution in [-0.2, 0) is 4.79 Å². The number of fused-ring (bicyclic) bond motifs is 1. The van der Waals surface area contributed by atoms with Crippen LogP contribution < -0.4 is 9.64 Å². The van der Waals surface area contributed by atoms with Crippen molar-refractivity contribution in [1.82, 2.24) is 0 Å². The molecule has 0 unspecified atom stereocenters. The molecule has 1 heterocycles. The van der Waals surface area contributed by atoms with Crippen molar-refractivity contribution in [3.63, 3.8) is 0 Å². The maximum Gasteiger partial charge on any atom is 0.232 e. The van der Waals surface area contributed by atoms with Crippen molar-refractivity contribution in [2.75, 3.05) is 18.1 Å². The number of hydrogen-bond donors (Lipinski definition) is 0. The minimum Gasteiger partial charge on any atom is -0.490 e. The van der Waals surface area contributed by atoms with Gasteiger partial charge in [-0.3, -0.25) is 4.79 Å². The number of rotatable bonds is 0. The van der Waals surface area contributed by atoms with Gasteiger partial charge in [0, 0.05) is 10.4 Å². The highest BCUT2D eigenvalue weighted by Gasteiger charge is 2.31. The Morgan fingerprint density at radius 1 is 1.41 bits per heavy atom. The second-order valence-electron chi connectivity index (χ2n) is 5.17. The van der Waals surface area contributed by atoms with Crippen LogP contribution in [0.5, 0.6) is 5.75 Å². The molecule has 1 amide bonds. The lowest BCUT2D eigenvalue weighted by molar-refractivity contribution is -0.126. The second kappa shape index (κ2) is 4.22. The molecule has 2 rings (SSSR count). The molecule has 0 spiro atoms. The lowest BCUT2D eigenvalue weighted by Gasteiger charge is -2.34. The second-order valence-corrected chi connectivity index (χ2v) is 5.60. The summed E-state index contributed by atoms with van der Waals surface area (Å²) in [6, 6.07) is 5.35. The molecule has 0 saturated carbocycles. The Bertz CT molecular complexity index is 451. The summed E-state index contributed by atoms with van der Waals surface area (Å²) < 4.78 is 5.52. The van der Waals surface area contributed by atoms with E-state index in [4.69, 9.17) is 16.3 Å². The van der Waals surface area contributed by atoms with Crippen molar-refractivity contribution in [3.8, 4) is 5.75 Å². The molecule has 1 aliphatic rings. The lowest BCUT2D eigenvalue weighted by atomic mass is 9.94. The number of carbonyl (C=O) groups excluding carboxylic acids is 1.